The van der Waals surface area contributed by atoms with E-state index < -0.39 is 9.71 Å². The predicted molar refractivity (Wildman–Crippen MR) is 52.1 cm³/mol. The minimum atomic E-state index is -2.28. The number of benzene rings is 1. The molecule has 12 heavy (non-hydrogen) atoms. The summed E-state index contributed by atoms with van der Waals surface area (Å²) in [6, 6.07) is 7.55. The zero-order valence-electron chi connectivity index (χ0n) is 6.49. The Hall–Kier alpha value is -1.22. The van der Waals surface area contributed by atoms with E-state index in [1.165, 1.54) is 0 Å². The molecule has 62 valence electrons. The molecule has 0 fully saturated rings. The Labute approximate surface area is 72.1 Å². The summed E-state index contributed by atoms with van der Waals surface area (Å²) in [5.74, 6) is 3.64. The summed E-state index contributed by atoms with van der Waals surface area (Å²) in [7, 11) is -2.28. The standard InChI is InChI=1S/C9H9NOS/c1-12(11)9-5-3-2-4-8(9)6-7-10-12/h2-7H,1H2,(H,10,11). The maximum absolute atomic E-state index is 11.8. The van der Waals surface area contributed by atoms with Gasteiger partial charge in [0, 0.05) is 6.20 Å². The number of hydrogen-bond donors (Lipinski definition) is 1. The molecule has 0 spiro atoms. The molecule has 1 aromatic carbocycles. The van der Waals surface area contributed by atoms with Crippen LogP contribution in [0.15, 0.2) is 35.4 Å². The predicted octanol–water partition coefficient (Wildman–Crippen LogP) is 1.25. The van der Waals surface area contributed by atoms with Crippen LogP contribution in [0.25, 0.3) is 6.08 Å². The van der Waals surface area contributed by atoms with E-state index in [1.54, 1.807) is 6.20 Å². The lowest BCUT2D eigenvalue weighted by Gasteiger charge is -2.16. The van der Waals surface area contributed by atoms with E-state index in [2.05, 4.69) is 10.6 Å². The molecule has 1 heterocycles. The summed E-state index contributed by atoms with van der Waals surface area (Å²) in [5.41, 5.74) is 0.983. The molecule has 0 saturated carbocycles. The molecule has 1 aliphatic rings. The minimum Gasteiger partial charge on any atom is -0.316 e. The molecule has 0 amide bonds. The third-order valence-corrected chi connectivity index (χ3v) is 3.39. The fraction of sp³-hybridized carbons (Fsp3) is 0. The van der Waals surface area contributed by atoms with Crippen molar-refractivity contribution < 1.29 is 4.21 Å². The zero-order chi connectivity index (χ0) is 8.60. The Morgan fingerprint density at radius 1 is 1.33 bits per heavy atom. The van der Waals surface area contributed by atoms with Gasteiger partial charge in [-0.2, -0.15) is 0 Å². The highest BCUT2D eigenvalue weighted by molar-refractivity contribution is 7.98. The van der Waals surface area contributed by atoms with E-state index in [9.17, 15) is 4.21 Å². The molecule has 0 saturated heterocycles. The van der Waals surface area contributed by atoms with Crippen LogP contribution in [0, 0.1) is 0 Å². The maximum Gasteiger partial charge on any atom is 0.0739 e. The number of fused-ring (bicyclic) bond motifs is 1. The van der Waals surface area contributed by atoms with Crippen LogP contribution in [0.2, 0.25) is 0 Å². The smallest absolute Gasteiger partial charge is 0.0739 e. The van der Waals surface area contributed by atoms with Gasteiger partial charge in [-0.1, -0.05) is 18.2 Å². The van der Waals surface area contributed by atoms with Gasteiger partial charge in [0.1, 0.15) is 0 Å². The SMILES string of the molecule is C=S1(=O)NC=Cc2ccccc21. The van der Waals surface area contributed by atoms with Crippen LogP contribution >= 0.6 is 0 Å². The third kappa shape index (κ3) is 1.02. The van der Waals surface area contributed by atoms with E-state index in [0.29, 0.717) is 0 Å². The average molecular weight is 179 g/mol. The van der Waals surface area contributed by atoms with Gasteiger partial charge in [-0.3, -0.25) is 0 Å². The van der Waals surface area contributed by atoms with Crippen LogP contribution in [-0.4, -0.2) is 10.1 Å². The summed E-state index contributed by atoms with van der Waals surface area (Å²) in [4.78, 5) is 0.785. The second-order valence-electron chi connectivity index (χ2n) is 2.66. The van der Waals surface area contributed by atoms with Crippen molar-refractivity contribution in [2.45, 2.75) is 4.90 Å². The molecule has 1 N–H and O–H groups in total. The van der Waals surface area contributed by atoms with Crippen molar-refractivity contribution in [3.8, 4) is 0 Å². The summed E-state index contributed by atoms with van der Waals surface area (Å²) in [6.07, 6.45) is 3.57. The minimum absolute atomic E-state index is 0.785. The molecule has 2 rings (SSSR count). The zero-order valence-corrected chi connectivity index (χ0v) is 7.30. The Morgan fingerprint density at radius 2 is 2.08 bits per heavy atom. The van der Waals surface area contributed by atoms with Gasteiger partial charge < -0.3 is 4.72 Å². The van der Waals surface area contributed by atoms with Crippen molar-refractivity contribution in [3.05, 3.63) is 36.0 Å². The molecule has 0 aliphatic carbocycles. The van der Waals surface area contributed by atoms with Crippen molar-refractivity contribution in [2.24, 2.45) is 0 Å². The second kappa shape index (κ2) is 2.38. The van der Waals surface area contributed by atoms with Gasteiger partial charge >= 0.3 is 0 Å². The van der Waals surface area contributed by atoms with Crippen molar-refractivity contribution in [1.29, 1.82) is 0 Å². The normalized spacial score (nSPS) is 26.0. The van der Waals surface area contributed by atoms with Crippen LogP contribution in [0.5, 0.6) is 0 Å². The van der Waals surface area contributed by atoms with Crippen LogP contribution < -0.4 is 4.72 Å². The van der Waals surface area contributed by atoms with Gasteiger partial charge in [-0.25, -0.2) is 4.21 Å². The first-order chi connectivity index (χ1) is 5.70. The van der Waals surface area contributed by atoms with Gasteiger partial charge in [0.25, 0.3) is 0 Å². The highest BCUT2D eigenvalue weighted by atomic mass is 32.2. The van der Waals surface area contributed by atoms with Crippen LogP contribution in [0.4, 0.5) is 0 Å². The van der Waals surface area contributed by atoms with Gasteiger partial charge in [0.05, 0.1) is 14.6 Å². The molecule has 2 nitrogen and oxygen atoms in total. The number of hydrogen-bond acceptors (Lipinski definition) is 1. The van der Waals surface area contributed by atoms with Gasteiger partial charge in [0.15, 0.2) is 0 Å². The first-order valence-corrected chi connectivity index (χ1v) is 5.33. The first-order valence-electron chi connectivity index (χ1n) is 3.60. The average Bonchev–Trinajstić information content (AvgIpc) is 2.04. The molecular weight excluding hydrogens is 170 g/mol. The van der Waals surface area contributed by atoms with E-state index in [-0.39, 0.29) is 0 Å². The number of rotatable bonds is 0. The van der Waals surface area contributed by atoms with Gasteiger partial charge in [-0.05, 0) is 23.6 Å². The molecule has 0 aromatic heterocycles. The molecule has 1 aromatic rings. The van der Waals surface area contributed by atoms with E-state index in [4.69, 9.17) is 0 Å². The monoisotopic (exact) mass is 179 g/mol. The maximum atomic E-state index is 11.8. The fourth-order valence-electron chi connectivity index (χ4n) is 1.22. The number of nitrogens with one attached hydrogen (secondary N) is 1. The lowest BCUT2D eigenvalue weighted by atomic mass is 10.2. The summed E-state index contributed by atoms with van der Waals surface area (Å²) in [6.45, 7) is 0. The largest absolute Gasteiger partial charge is 0.316 e. The molecule has 1 unspecified atom stereocenters. The van der Waals surface area contributed by atoms with E-state index >= 15 is 0 Å². The lowest BCUT2D eigenvalue weighted by Crippen LogP contribution is -2.21. The summed E-state index contributed by atoms with van der Waals surface area (Å²) >= 11 is 0. The van der Waals surface area contributed by atoms with E-state index in [0.717, 1.165) is 10.5 Å². The molecule has 0 bridgehead atoms. The molecule has 1 aliphatic heterocycles. The second-order valence-corrected chi connectivity index (χ2v) is 4.69. The highest BCUT2D eigenvalue weighted by Gasteiger charge is 2.11. The van der Waals surface area contributed by atoms with Gasteiger partial charge in [-0.15, -0.1) is 0 Å². The van der Waals surface area contributed by atoms with Crippen LogP contribution in [0.1, 0.15) is 5.56 Å². The summed E-state index contributed by atoms with van der Waals surface area (Å²) in [5, 5.41) is 0. The molecule has 3 heteroatoms. The molecule has 0 radical (unpaired) electrons. The van der Waals surface area contributed by atoms with Crippen LogP contribution in [-0.2, 0) is 9.71 Å². The van der Waals surface area contributed by atoms with Crippen molar-refractivity contribution >= 4 is 21.7 Å². The third-order valence-electron chi connectivity index (χ3n) is 1.80. The highest BCUT2D eigenvalue weighted by Crippen LogP contribution is 2.19. The lowest BCUT2D eigenvalue weighted by molar-refractivity contribution is 0.677. The van der Waals surface area contributed by atoms with Crippen molar-refractivity contribution in [2.75, 3.05) is 0 Å². The molecule has 1 atom stereocenters. The van der Waals surface area contributed by atoms with Crippen LogP contribution in [0.3, 0.4) is 0 Å². The van der Waals surface area contributed by atoms with Gasteiger partial charge in [0.2, 0.25) is 0 Å². The Bertz CT molecular complexity index is 432. The topological polar surface area (TPSA) is 29.1 Å². The molecular formula is C9H9NOS. The van der Waals surface area contributed by atoms with E-state index in [1.807, 2.05) is 30.3 Å². The quantitative estimate of drug-likeness (QED) is 0.597. The Balaban J connectivity index is 2.77. The van der Waals surface area contributed by atoms with Crippen molar-refractivity contribution in [3.63, 3.8) is 0 Å². The Morgan fingerprint density at radius 3 is 2.83 bits per heavy atom. The fourth-order valence-corrected chi connectivity index (χ4v) is 2.45. The summed E-state index contributed by atoms with van der Waals surface area (Å²) < 4.78 is 14.5. The Kier molecular flexibility index (Phi) is 1.48. The first kappa shape index (κ1) is 7.43. The van der Waals surface area contributed by atoms with Crippen molar-refractivity contribution in [1.82, 2.24) is 4.72 Å².